The molecule has 0 bridgehead atoms. The van der Waals surface area contributed by atoms with Gasteiger partial charge in [-0.2, -0.15) is 0 Å². The van der Waals surface area contributed by atoms with Crippen LogP contribution in [0.1, 0.15) is 41.0 Å². The Balaban J connectivity index is 3.76. The third kappa shape index (κ3) is 12.2. The highest BCUT2D eigenvalue weighted by Gasteiger charge is 2.29. The highest BCUT2D eigenvalue weighted by atomic mass is 16.6. The fraction of sp³-hybridized carbons (Fsp3) is 0.833. The Hall–Kier alpha value is -1.87. The van der Waals surface area contributed by atoms with Crippen LogP contribution in [0.3, 0.4) is 0 Å². The van der Waals surface area contributed by atoms with Crippen LogP contribution in [0.15, 0.2) is 0 Å². The molecule has 0 aliphatic rings. The molecule has 0 aromatic carbocycles. The Morgan fingerprint density at radius 1 is 1.04 bits per heavy atom. The summed E-state index contributed by atoms with van der Waals surface area (Å²) >= 11 is 0. The standard InChI is InChI=1S/C18H34N2O7/c1-13(2)15(16(22)23)20(6)14(21)7-9-25-11-12-26-10-8-19-17(24)27-18(3,4)5/h13,15H,7-12H2,1-6H3,(H,19,24)(H,22,23)/t15-/m1/s1. The molecule has 9 nitrogen and oxygen atoms in total. The molecule has 0 aliphatic carbocycles. The molecule has 2 N–H and O–H groups in total. The second-order valence-electron chi connectivity index (χ2n) is 7.44. The number of nitrogens with zero attached hydrogens (tertiary/aromatic N) is 1. The Labute approximate surface area is 161 Å². The summed E-state index contributed by atoms with van der Waals surface area (Å²) in [6.45, 7) is 10.3. The van der Waals surface area contributed by atoms with Crippen molar-refractivity contribution in [3.63, 3.8) is 0 Å². The summed E-state index contributed by atoms with van der Waals surface area (Å²) in [5.74, 6) is -1.48. The minimum atomic E-state index is -1.02. The van der Waals surface area contributed by atoms with Gasteiger partial charge in [0, 0.05) is 13.6 Å². The van der Waals surface area contributed by atoms with Crippen molar-refractivity contribution in [2.75, 3.05) is 40.0 Å². The first kappa shape index (κ1) is 25.1. The molecule has 0 radical (unpaired) electrons. The topological polar surface area (TPSA) is 114 Å². The van der Waals surface area contributed by atoms with Crippen molar-refractivity contribution >= 4 is 18.0 Å². The van der Waals surface area contributed by atoms with Crippen LogP contribution in [0, 0.1) is 5.92 Å². The molecule has 0 unspecified atom stereocenters. The third-order valence-electron chi connectivity index (χ3n) is 3.44. The number of alkyl carbamates (subject to hydrolysis) is 1. The van der Waals surface area contributed by atoms with Gasteiger partial charge in [-0.1, -0.05) is 13.8 Å². The fourth-order valence-electron chi connectivity index (χ4n) is 2.25. The Morgan fingerprint density at radius 3 is 2.07 bits per heavy atom. The van der Waals surface area contributed by atoms with Gasteiger partial charge in [-0.15, -0.1) is 0 Å². The zero-order chi connectivity index (χ0) is 21.0. The Bertz CT molecular complexity index is 475. The number of carbonyl (C=O) groups is 3. The van der Waals surface area contributed by atoms with E-state index in [1.54, 1.807) is 34.6 Å². The summed E-state index contributed by atoms with van der Waals surface area (Å²) in [4.78, 5) is 35.9. The van der Waals surface area contributed by atoms with Crippen molar-refractivity contribution in [1.29, 1.82) is 0 Å². The van der Waals surface area contributed by atoms with Crippen molar-refractivity contribution < 1.29 is 33.7 Å². The van der Waals surface area contributed by atoms with E-state index in [9.17, 15) is 19.5 Å². The molecule has 0 aliphatic heterocycles. The number of carboxylic acid groups (broad SMARTS) is 1. The van der Waals surface area contributed by atoms with E-state index >= 15 is 0 Å². The number of rotatable bonds is 12. The Morgan fingerprint density at radius 2 is 1.59 bits per heavy atom. The second-order valence-corrected chi connectivity index (χ2v) is 7.44. The van der Waals surface area contributed by atoms with E-state index in [-0.39, 0.29) is 24.9 Å². The van der Waals surface area contributed by atoms with Gasteiger partial charge in [0.2, 0.25) is 5.91 Å². The lowest BCUT2D eigenvalue weighted by molar-refractivity contribution is -0.151. The summed E-state index contributed by atoms with van der Waals surface area (Å²) in [5, 5.41) is 11.8. The molecule has 0 fully saturated rings. The van der Waals surface area contributed by atoms with Crippen molar-refractivity contribution in [2.45, 2.75) is 52.7 Å². The number of carbonyl (C=O) groups excluding carboxylic acids is 2. The number of hydrogen-bond acceptors (Lipinski definition) is 6. The molecule has 1 atom stereocenters. The molecule has 2 amide bonds. The van der Waals surface area contributed by atoms with Crippen LogP contribution in [0.4, 0.5) is 4.79 Å². The number of carboxylic acids is 1. The second kappa shape index (κ2) is 12.5. The van der Waals surface area contributed by atoms with Crippen molar-refractivity contribution in [1.82, 2.24) is 10.2 Å². The van der Waals surface area contributed by atoms with Crippen LogP contribution in [0.2, 0.25) is 0 Å². The van der Waals surface area contributed by atoms with Crippen LogP contribution in [-0.4, -0.2) is 79.6 Å². The number of aliphatic carboxylic acids is 1. The molecular formula is C18H34N2O7. The van der Waals surface area contributed by atoms with E-state index in [1.807, 2.05) is 0 Å². The predicted molar refractivity (Wildman–Crippen MR) is 99.5 cm³/mol. The quantitative estimate of drug-likeness (QED) is 0.485. The van der Waals surface area contributed by atoms with Gasteiger partial charge in [0.1, 0.15) is 11.6 Å². The number of likely N-dealkylation sites (N-methyl/N-ethyl adjacent to an activating group) is 1. The monoisotopic (exact) mass is 390 g/mol. The lowest BCUT2D eigenvalue weighted by Gasteiger charge is -2.27. The summed E-state index contributed by atoms with van der Waals surface area (Å²) in [6.07, 6.45) is -0.390. The summed E-state index contributed by atoms with van der Waals surface area (Å²) in [5.41, 5.74) is -0.538. The van der Waals surface area contributed by atoms with Gasteiger partial charge in [0.15, 0.2) is 0 Å². The largest absolute Gasteiger partial charge is 0.480 e. The number of amides is 2. The number of ether oxygens (including phenoxy) is 3. The normalized spacial score (nSPS) is 12.6. The van der Waals surface area contributed by atoms with Crippen molar-refractivity contribution in [2.24, 2.45) is 5.92 Å². The van der Waals surface area contributed by atoms with Crippen LogP contribution < -0.4 is 5.32 Å². The average Bonchev–Trinajstić information content (AvgIpc) is 2.50. The molecule has 0 saturated heterocycles. The van der Waals surface area contributed by atoms with E-state index in [0.717, 1.165) is 0 Å². The third-order valence-corrected chi connectivity index (χ3v) is 3.44. The van der Waals surface area contributed by atoms with E-state index in [0.29, 0.717) is 26.4 Å². The van der Waals surface area contributed by atoms with Crippen LogP contribution >= 0.6 is 0 Å². The molecule has 27 heavy (non-hydrogen) atoms. The average molecular weight is 390 g/mol. The first-order valence-electron chi connectivity index (χ1n) is 9.06. The van der Waals surface area contributed by atoms with Gasteiger partial charge in [-0.25, -0.2) is 9.59 Å². The lowest BCUT2D eigenvalue weighted by Crippen LogP contribution is -2.45. The molecule has 9 heteroatoms. The SMILES string of the molecule is CC(C)[C@H](C(=O)O)N(C)C(=O)CCOCCOCCNC(=O)OC(C)(C)C. The zero-order valence-electron chi connectivity index (χ0n) is 17.2. The fourth-order valence-corrected chi connectivity index (χ4v) is 2.25. The van der Waals surface area contributed by atoms with Gasteiger partial charge >= 0.3 is 12.1 Å². The molecule has 158 valence electrons. The molecule has 0 rings (SSSR count). The molecule has 0 heterocycles. The highest BCUT2D eigenvalue weighted by Crippen LogP contribution is 2.11. The molecular weight excluding hydrogens is 356 g/mol. The zero-order valence-corrected chi connectivity index (χ0v) is 17.2. The smallest absolute Gasteiger partial charge is 0.407 e. The van der Waals surface area contributed by atoms with E-state index in [4.69, 9.17) is 14.2 Å². The summed E-state index contributed by atoms with van der Waals surface area (Å²) < 4.78 is 15.7. The van der Waals surface area contributed by atoms with Gasteiger partial charge in [-0.05, 0) is 26.7 Å². The minimum Gasteiger partial charge on any atom is -0.480 e. The number of nitrogens with one attached hydrogen (secondary N) is 1. The summed E-state index contributed by atoms with van der Waals surface area (Å²) in [7, 11) is 1.49. The lowest BCUT2D eigenvalue weighted by atomic mass is 10.0. The van der Waals surface area contributed by atoms with E-state index in [1.165, 1.54) is 11.9 Å². The maximum atomic E-state index is 12.0. The van der Waals surface area contributed by atoms with Gasteiger partial charge in [0.05, 0.1) is 32.8 Å². The van der Waals surface area contributed by atoms with E-state index < -0.39 is 23.7 Å². The van der Waals surface area contributed by atoms with Gasteiger partial charge in [-0.3, -0.25) is 4.79 Å². The van der Waals surface area contributed by atoms with Gasteiger partial charge in [0.25, 0.3) is 0 Å². The van der Waals surface area contributed by atoms with Gasteiger partial charge < -0.3 is 29.5 Å². The molecule has 0 aromatic heterocycles. The van der Waals surface area contributed by atoms with E-state index in [2.05, 4.69) is 5.32 Å². The molecule has 0 spiro atoms. The van der Waals surface area contributed by atoms with Crippen molar-refractivity contribution in [3.05, 3.63) is 0 Å². The van der Waals surface area contributed by atoms with Crippen LogP contribution in [0.5, 0.6) is 0 Å². The molecule has 0 aromatic rings. The first-order chi connectivity index (χ1) is 12.5. The maximum absolute atomic E-state index is 12.0. The first-order valence-corrected chi connectivity index (χ1v) is 9.06. The number of hydrogen-bond donors (Lipinski definition) is 2. The predicted octanol–water partition coefficient (Wildman–Crippen LogP) is 1.50. The van der Waals surface area contributed by atoms with Crippen LogP contribution in [-0.2, 0) is 23.8 Å². The Kier molecular flexibility index (Phi) is 11.6. The highest BCUT2D eigenvalue weighted by molar-refractivity contribution is 5.83. The summed E-state index contributed by atoms with van der Waals surface area (Å²) in [6, 6.07) is -0.849. The minimum absolute atomic E-state index is 0.104. The molecule has 0 saturated carbocycles. The van der Waals surface area contributed by atoms with Crippen LogP contribution in [0.25, 0.3) is 0 Å². The van der Waals surface area contributed by atoms with Crippen molar-refractivity contribution in [3.8, 4) is 0 Å². The maximum Gasteiger partial charge on any atom is 0.407 e.